The van der Waals surface area contributed by atoms with Gasteiger partial charge in [-0.3, -0.25) is 9.59 Å². The second-order valence-electron chi connectivity index (χ2n) is 7.76. The van der Waals surface area contributed by atoms with Gasteiger partial charge < -0.3 is 10.6 Å². The molecule has 0 unspecified atom stereocenters. The van der Waals surface area contributed by atoms with Crippen LogP contribution in [-0.4, -0.2) is 27.1 Å². The van der Waals surface area contributed by atoms with Gasteiger partial charge in [0.1, 0.15) is 0 Å². The number of carbonyl (C=O) groups is 2. The van der Waals surface area contributed by atoms with Crippen LogP contribution in [0.25, 0.3) is 5.69 Å². The molecule has 0 aliphatic rings. The van der Waals surface area contributed by atoms with Crippen molar-refractivity contribution >= 4 is 29.1 Å². The number of amides is 2. The van der Waals surface area contributed by atoms with Gasteiger partial charge in [0.05, 0.1) is 23.1 Å². The zero-order valence-electron chi connectivity index (χ0n) is 17.5. The molecule has 2 amide bonds. The fourth-order valence-corrected chi connectivity index (χ4v) is 3.06. The number of rotatable bonds is 6. The van der Waals surface area contributed by atoms with Crippen molar-refractivity contribution in [1.29, 1.82) is 0 Å². The van der Waals surface area contributed by atoms with Crippen LogP contribution in [0.15, 0.2) is 54.7 Å². The van der Waals surface area contributed by atoms with Crippen LogP contribution in [0.2, 0.25) is 5.02 Å². The molecule has 0 spiro atoms. The van der Waals surface area contributed by atoms with Crippen LogP contribution in [0, 0.1) is 6.92 Å². The van der Waals surface area contributed by atoms with Crippen molar-refractivity contribution in [3.63, 3.8) is 0 Å². The monoisotopic (exact) mass is 424 g/mol. The third-order valence-corrected chi connectivity index (χ3v) is 5.28. The molecule has 156 valence electrons. The van der Waals surface area contributed by atoms with E-state index >= 15 is 0 Å². The van der Waals surface area contributed by atoms with E-state index in [9.17, 15) is 9.59 Å². The van der Waals surface area contributed by atoms with Gasteiger partial charge in [0, 0.05) is 21.8 Å². The van der Waals surface area contributed by atoms with E-state index in [2.05, 4.69) is 15.7 Å². The molecule has 0 saturated carbocycles. The molecule has 0 fully saturated rings. The van der Waals surface area contributed by atoms with Crippen LogP contribution < -0.4 is 10.6 Å². The largest absolute Gasteiger partial charge is 0.347 e. The van der Waals surface area contributed by atoms with E-state index in [1.165, 1.54) is 6.20 Å². The molecule has 30 heavy (non-hydrogen) atoms. The summed E-state index contributed by atoms with van der Waals surface area (Å²) in [5, 5.41) is 10.8. The highest BCUT2D eigenvalue weighted by Gasteiger charge is 2.19. The number of nitrogens with zero attached hydrogens (tertiary/aromatic N) is 2. The predicted molar refractivity (Wildman–Crippen MR) is 120 cm³/mol. The highest BCUT2D eigenvalue weighted by atomic mass is 35.5. The summed E-state index contributed by atoms with van der Waals surface area (Å²) in [5.74, 6) is -0.413. The lowest BCUT2D eigenvalue weighted by atomic mass is 10.0. The van der Waals surface area contributed by atoms with Crippen LogP contribution in [0.5, 0.6) is 0 Å². The summed E-state index contributed by atoms with van der Waals surface area (Å²) in [6, 6.07) is 14.1. The Bertz CT molecular complexity index is 1070. The summed E-state index contributed by atoms with van der Waals surface area (Å²) in [6.07, 6.45) is 2.36. The summed E-state index contributed by atoms with van der Waals surface area (Å²) < 4.78 is 1.67. The van der Waals surface area contributed by atoms with Crippen molar-refractivity contribution < 1.29 is 9.59 Å². The first-order valence-electron chi connectivity index (χ1n) is 9.74. The molecule has 0 radical (unpaired) electrons. The fraction of sp³-hybridized carbons (Fsp3) is 0.261. The van der Waals surface area contributed by atoms with Crippen LogP contribution in [-0.2, 0) is 0 Å². The topological polar surface area (TPSA) is 76.0 Å². The first-order valence-corrected chi connectivity index (χ1v) is 10.1. The Kier molecular flexibility index (Phi) is 6.27. The van der Waals surface area contributed by atoms with E-state index in [1.807, 2.05) is 39.8 Å². The van der Waals surface area contributed by atoms with Crippen molar-refractivity contribution in [2.45, 2.75) is 39.7 Å². The van der Waals surface area contributed by atoms with Crippen LogP contribution in [0.3, 0.4) is 0 Å². The summed E-state index contributed by atoms with van der Waals surface area (Å²) >= 11 is 6.05. The maximum absolute atomic E-state index is 12.7. The zero-order chi connectivity index (χ0) is 21.9. The zero-order valence-corrected chi connectivity index (χ0v) is 18.2. The number of benzene rings is 2. The molecule has 6 nitrogen and oxygen atoms in total. The summed E-state index contributed by atoms with van der Waals surface area (Å²) in [6.45, 7) is 7.80. The average Bonchev–Trinajstić information content (AvgIpc) is 3.09. The predicted octanol–water partition coefficient (Wildman–Crippen LogP) is 5.00. The maximum atomic E-state index is 12.7. The van der Waals surface area contributed by atoms with Gasteiger partial charge in [-0.05, 0) is 69.7 Å². The van der Waals surface area contributed by atoms with Crippen molar-refractivity contribution in [1.82, 2.24) is 15.1 Å². The Morgan fingerprint density at radius 1 is 1.10 bits per heavy atom. The number of carbonyl (C=O) groups excluding carboxylic acids is 2. The standard InChI is InChI=1S/C23H25ClN4O2/c1-5-23(3,4)27-21(29)16-9-11-18(12-10-16)26-22(30)20-14-25-28(15(20)2)19-8-6-7-17(24)13-19/h6-14H,5H2,1-4H3,(H,26,30)(H,27,29). The van der Waals surface area contributed by atoms with E-state index in [1.54, 1.807) is 41.1 Å². The molecule has 3 rings (SSSR count). The smallest absolute Gasteiger partial charge is 0.259 e. The lowest BCUT2D eigenvalue weighted by Gasteiger charge is -2.24. The SMILES string of the molecule is CCC(C)(C)NC(=O)c1ccc(NC(=O)c2cnn(-c3cccc(Cl)c3)c2C)cc1. The molecule has 1 heterocycles. The van der Waals surface area contributed by atoms with Crippen molar-refractivity contribution in [2.24, 2.45) is 0 Å². The summed E-state index contributed by atoms with van der Waals surface area (Å²) in [7, 11) is 0. The van der Waals surface area contributed by atoms with E-state index in [4.69, 9.17) is 11.6 Å². The minimum absolute atomic E-state index is 0.140. The number of halogens is 1. The second-order valence-corrected chi connectivity index (χ2v) is 8.19. The molecule has 7 heteroatoms. The van der Waals surface area contributed by atoms with Gasteiger partial charge in [0.15, 0.2) is 0 Å². The molecule has 2 N–H and O–H groups in total. The van der Waals surface area contributed by atoms with Gasteiger partial charge >= 0.3 is 0 Å². The van der Waals surface area contributed by atoms with Crippen LogP contribution >= 0.6 is 11.6 Å². The molecule has 2 aromatic carbocycles. The quantitative estimate of drug-likeness (QED) is 0.584. The highest BCUT2D eigenvalue weighted by Crippen LogP contribution is 2.19. The van der Waals surface area contributed by atoms with Gasteiger partial charge in [-0.2, -0.15) is 5.10 Å². The average molecular weight is 425 g/mol. The lowest BCUT2D eigenvalue weighted by molar-refractivity contribution is 0.0911. The number of hydrogen-bond donors (Lipinski definition) is 2. The van der Waals surface area contributed by atoms with E-state index in [-0.39, 0.29) is 17.4 Å². The first kappa shape index (κ1) is 21.6. The van der Waals surface area contributed by atoms with Crippen molar-refractivity contribution in [2.75, 3.05) is 5.32 Å². The number of hydrogen-bond acceptors (Lipinski definition) is 3. The molecule has 0 saturated heterocycles. The number of nitrogens with one attached hydrogen (secondary N) is 2. The number of anilines is 1. The van der Waals surface area contributed by atoms with Gasteiger partial charge in [0.2, 0.25) is 0 Å². The molecule has 1 aromatic heterocycles. The van der Waals surface area contributed by atoms with E-state index < -0.39 is 0 Å². The van der Waals surface area contributed by atoms with Gasteiger partial charge in [0.25, 0.3) is 11.8 Å². The van der Waals surface area contributed by atoms with E-state index in [0.29, 0.717) is 27.5 Å². The Balaban J connectivity index is 1.72. The minimum Gasteiger partial charge on any atom is -0.347 e. The third kappa shape index (κ3) is 4.89. The Morgan fingerprint density at radius 2 is 1.80 bits per heavy atom. The maximum Gasteiger partial charge on any atom is 0.259 e. The molecular weight excluding hydrogens is 400 g/mol. The summed E-state index contributed by atoms with van der Waals surface area (Å²) in [4.78, 5) is 25.1. The van der Waals surface area contributed by atoms with E-state index in [0.717, 1.165) is 12.1 Å². The molecule has 0 bridgehead atoms. The third-order valence-electron chi connectivity index (χ3n) is 5.05. The van der Waals surface area contributed by atoms with Crippen molar-refractivity contribution in [3.05, 3.63) is 76.6 Å². The number of aromatic nitrogens is 2. The normalized spacial score (nSPS) is 11.2. The lowest BCUT2D eigenvalue weighted by Crippen LogP contribution is -2.42. The van der Waals surface area contributed by atoms with Crippen molar-refractivity contribution in [3.8, 4) is 5.69 Å². The second kappa shape index (κ2) is 8.71. The van der Waals surface area contributed by atoms with Gasteiger partial charge in [-0.15, -0.1) is 0 Å². The Labute approximate surface area is 181 Å². The van der Waals surface area contributed by atoms with Crippen LogP contribution in [0.1, 0.15) is 53.6 Å². The molecule has 0 aliphatic heterocycles. The molecule has 0 atom stereocenters. The molecule has 3 aromatic rings. The Morgan fingerprint density at radius 3 is 2.43 bits per heavy atom. The molecule has 0 aliphatic carbocycles. The molecular formula is C23H25ClN4O2. The highest BCUT2D eigenvalue weighted by molar-refractivity contribution is 6.30. The van der Waals surface area contributed by atoms with Gasteiger partial charge in [-0.25, -0.2) is 4.68 Å². The fourth-order valence-electron chi connectivity index (χ4n) is 2.87. The summed E-state index contributed by atoms with van der Waals surface area (Å²) in [5.41, 5.74) is 2.81. The van der Waals surface area contributed by atoms with Gasteiger partial charge in [-0.1, -0.05) is 24.6 Å². The van der Waals surface area contributed by atoms with Crippen LogP contribution in [0.4, 0.5) is 5.69 Å². The minimum atomic E-state index is -0.273. The first-order chi connectivity index (χ1) is 14.2. The Hall–Kier alpha value is -3.12.